The van der Waals surface area contributed by atoms with E-state index in [0.717, 1.165) is 11.8 Å². The van der Waals surface area contributed by atoms with E-state index in [2.05, 4.69) is 0 Å². The van der Waals surface area contributed by atoms with Crippen LogP contribution in [0.2, 0.25) is 0 Å². The van der Waals surface area contributed by atoms with Gasteiger partial charge in [-0.1, -0.05) is 0 Å². The third-order valence-electron chi connectivity index (χ3n) is 1.78. The fourth-order valence-corrected chi connectivity index (χ4v) is 1.80. The number of thioether (sulfide) groups is 1. The Morgan fingerprint density at radius 2 is 2.27 bits per heavy atom. The highest BCUT2D eigenvalue weighted by molar-refractivity contribution is 8.00. The fourth-order valence-electron chi connectivity index (χ4n) is 0.975. The summed E-state index contributed by atoms with van der Waals surface area (Å²) in [5.74, 6) is -1.25. The Bertz CT molecular complexity index is 368. The second kappa shape index (κ2) is 5.02. The molecule has 1 aromatic rings. The Morgan fingerprint density at radius 3 is 2.73 bits per heavy atom. The summed E-state index contributed by atoms with van der Waals surface area (Å²) in [6.07, 6.45) is 0. The summed E-state index contributed by atoms with van der Waals surface area (Å²) in [7, 11) is 1.38. The van der Waals surface area contributed by atoms with E-state index in [4.69, 9.17) is 9.84 Å². The summed E-state index contributed by atoms with van der Waals surface area (Å²) in [6, 6.07) is 4.38. The minimum Gasteiger partial charge on any atom is -0.494 e. The van der Waals surface area contributed by atoms with Crippen LogP contribution in [0, 0.1) is 5.82 Å². The van der Waals surface area contributed by atoms with Gasteiger partial charge in [0.05, 0.1) is 7.11 Å². The fraction of sp³-hybridized carbons (Fsp3) is 0.300. The predicted octanol–water partition coefficient (Wildman–Crippen LogP) is 2.40. The van der Waals surface area contributed by atoms with Crippen LogP contribution in [0.3, 0.4) is 0 Å². The zero-order valence-electron chi connectivity index (χ0n) is 8.36. The molecule has 1 rings (SSSR count). The van der Waals surface area contributed by atoms with E-state index in [9.17, 15) is 9.18 Å². The lowest BCUT2D eigenvalue weighted by Crippen LogP contribution is -2.11. The molecule has 0 bridgehead atoms. The molecule has 1 unspecified atom stereocenters. The summed E-state index contributed by atoms with van der Waals surface area (Å²) in [4.78, 5) is 11.1. The number of methoxy groups -OCH3 is 1. The number of carboxylic acid groups (broad SMARTS) is 1. The highest BCUT2D eigenvalue weighted by Crippen LogP contribution is 2.27. The Morgan fingerprint density at radius 1 is 1.60 bits per heavy atom. The number of rotatable bonds is 4. The van der Waals surface area contributed by atoms with Gasteiger partial charge in [-0.25, -0.2) is 4.39 Å². The number of halogens is 1. The molecule has 82 valence electrons. The first-order valence-corrected chi connectivity index (χ1v) is 5.15. The average Bonchev–Trinajstić information content (AvgIpc) is 2.18. The molecule has 0 aliphatic rings. The largest absolute Gasteiger partial charge is 0.494 e. The van der Waals surface area contributed by atoms with Gasteiger partial charge in [-0.3, -0.25) is 4.79 Å². The molecular weight excluding hydrogens is 219 g/mol. The monoisotopic (exact) mass is 230 g/mol. The molecule has 5 heteroatoms. The van der Waals surface area contributed by atoms with Crippen LogP contribution in [-0.2, 0) is 4.79 Å². The van der Waals surface area contributed by atoms with Gasteiger partial charge in [-0.2, -0.15) is 0 Å². The number of aliphatic carboxylic acids is 1. The van der Waals surface area contributed by atoms with Crippen molar-refractivity contribution in [3.05, 3.63) is 24.0 Å². The van der Waals surface area contributed by atoms with Crippen LogP contribution in [0.5, 0.6) is 5.75 Å². The van der Waals surface area contributed by atoms with Crippen molar-refractivity contribution in [1.82, 2.24) is 0 Å². The first-order chi connectivity index (χ1) is 7.04. The van der Waals surface area contributed by atoms with Crippen LogP contribution in [0.15, 0.2) is 23.1 Å². The van der Waals surface area contributed by atoms with Crippen LogP contribution in [0.1, 0.15) is 6.92 Å². The molecule has 0 radical (unpaired) electrons. The Labute approximate surface area is 91.2 Å². The predicted molar refractivity (Wildman–Crippen MR) is 55.9 cm³/mol. The number of benzene rings is 1. The molecule has 15 heavy (non-hydrogen) atoms. The van der Waals surface area contributed by atoms with Gasteiger partial charge in [-0.05, 0) is 25.1 Å². The molecule has 0 spiro atoms. The smallest absolute Gasteiger partial charge is 0.316 e. The zero-order valence-corrected chi connectivity index (χ0v) is 9.18. The molecule has 0 heterocycles. The van der Waals surface area contributed by atoms with Gasteiger partial charge in [0.1, 0.15) is 5.25 Å². The minimum absolute atomic E-state index is 0.155. The minimum atomic E-state index is -0.920. The van der Waals surface area contributed by atoms with E-state index >= 15 is 0 Å². The first kappa shape index (κ1) is 11.8. The van der Waals surface area contributed by atoms with Crippen LogP contribution < -0.4 is 4.74 Å². The molecule has 3 nitrogen and oxygen atoms in total. The van der Waals surface area contributed by atoms with Crippen molar-refractivity contribution in [3.63, 3.8) is 0 Å². The van der Waals surface area contributed by atoms with Crippen LogP contribution in [-0.4, -0.2) is 23.4 Å². The van der Waals surface area contributed by atoms with Gasteiger partial charge in [0.2, 0.25) is 0 Å². The summed E-state index contributed by atoms with van der Waals surface area (Å²) < 4.78 is 18.0. The van der Waals surface area contributed by atoms with Gasteiger partial charge < -0.3 is 9.84 Å². The Hall–Kier alpha value is -1.23. The van der Waals surface area contributed by atoms with Crippen molar-refractivity contribution in [3.8, 4) is 5.75 Å². The third-order valence-corrected chi connectivity index (χ3v) is 2.87. The van der Waals surface area contributed by atoms with Gasteiger partial charge in [0, 0.05) is 4.90 Å². The molecule has 0 aliphatic heterocycles. The van der Waals surface area contributed by atoms with Crippen molar-refractivity contribution in [2.75, 3.05) is 7.11 Å². The topological polar surface area (TPSA) is 46.5 Å². The van der Waals surface area contributed by atoms with E-state index in [1.54, 1.807) is 13.0 Å². The number of hydrogen-bond donors (Lipinski definition) is 1. The highest BCUT2D eigenvalue weighted by atomic mass is 32.2. The zero-order chi connectivity index (χ0) is 11.4. The summed E-state index contributed by atoms with van der Waals surface area (Å²) in [6.45, 7) is 1.55. The quantitative estimate of drug-likeness (QED) is 0.807. The summed E-state index contributed by atoms with van der Waals surface area (Å²) >= 11 is 1.09. The van der Waals surface area contributed by atoms with E-state index in [-0.39, 0.29) is 5.75 Å². The van der Waals surface area contributed by atoms with E-state index < -0.39 is 17.0 Å². The van der Waals surface area contributed by atoms with E-state index in [1.807, 2.05) is 0 Å². The number of ether oxygens (including phenoxy) is 1. The lowest BCUT2D eigenvalue weighted by molar-refractivity contribution is -0.136. The second-order valence-corrected chi connectivity index (χ2v) is 4.31. The van der Waals surface area contributed by atoms with Gasteiger partial charge in [0.15, 0.2) is 11.6 Å². The van der Waals surface area contributed by atoms with Gasteiger partial charge in [0.25, 0.3) is 0 Å². The molecule has 0 aliphatic carbocycles. The third kappa shape index (κ3) is 3.13. The molecule has 1 N–H and O–H groups in total. The number of carboxylic acids is 1. The first-order valence-electron chi connectivity index (χ1n) is 4.27. The lowest BCUT2D eigenvalue weighted by Gasteiger charge is -2.07. The molecule has 0 aromatic heterocycles. The molecular formula is C10H11FO3S. The Balaban J connectivity index is 2.79. The van der Waals surface area contributed by atoms with Crippen molar-refractivity contribution >= 4 is 17.7 Å². The van der Waals surface area contributed by atoms with Gasteiger partial charge in [-0.15, -0.1) is 11.8 Å². The van der Waals surface area contributed by atoms with Gasteiger partial charge >= 0.3 is 5.97 Å². The van der Waals surface area contributed by atoms with Crippen molar-refractivity contribution in [1.29, 1.82) is 0 Å². The molecule has 1 aromatic carbocycles. The summed E-state index contributed by atoms with van der Waals surface area (Å²) in [5.41, 5.74) is 0. The highest BCUT2D eigenvalue weighted by Gasteiger charge is 2.13. The maximum Gasteiger partial charge on any atom is 0.316 e. The van der Waals surface area contributed by atoms with Crippen molar-refractivity contribution < 1.29 is 19.0 Å². The maximum atomic E-state index is 13.2. The lowest BCUT2D eigenvalue weighted by atomic mass is 10.3. The molecule has 0 saturated heterocycles. The molecule has 1 atom stereocenters. The van der Waals surface area contributed by atoms with Crippen molar-refractivity contribution in [2.24, 2.45) is 0 Å². The summed E-state index contributed by atoms with van der Waals surface area (Å²) in [5, 5.41) is 8.07. The van der Waals surface area contributed by atoms with Crippen LogP contribution in [0.25, 0.3) is 0 Å². The van der Waals surface area contributed by atoms with Crippen LogP contribution >= 0.6 is 11.8 Å². The second-order valence-electron chi connectivity index (χ2n) is 2.89. The normalized spacial score (nSPS) is 12.2. The molecule has 0 amide bonds. The maximum absolute atomic E-state index is 13.2. The Kier molecular flexibility index (Phi) is 3.96. The standard InChI is InChI=1S/C10H11FO3S/c1-6(10(12)13)15-7-3-4-9(14-2)8(11)5-7/h3-6H,1-2H3,(H,12,13). The van der Waals surface area contributed by atoms with Crippen molar-refractivity contribution in [2.45, 2.75) is 17.1 Å². The molecule has 0 fully saturated rings. The number of hydrogen-bond acceptors (Lipinski definition) is 3. The SMILES string of the molecule is COc1ccc(SC(C)C(=O)O)cc1F. The molecule has 0 saturated carbocycles. The van der Waals surface area contributed by atoms with E-state index in [1.165, 1.54) is 19.2 Å². The average molecular weight is 230 g/mol. The van der Waals surface area contributed by atoms with Crippen LogP contribution in [0.4, 0.5) is 4.39 Å². The van der Waals surface area contributed by atoms with E-state index in [0.29, 0.717) is 4.90 Å². The number of carbonyl (C=O) groups is 1.